The average Bonchev–Trinajstić information content (AvgIpc) is 3.16. The maximum absolute atomic E-state index is 15.2. The van der Waals surface area contributed by atoms with Crippen molar-refractivity contribution in [2.45, 2.75) is 32.5 Å². The first-order valence-corrected chi connectivity index (χ1v) is 10.6. The van der Waals surface area contributed by atoms with Crippen molar-refractivity contribution >= 4 is 22.5 Å². The second kappa shape index (κ2) is 7.68. The Kier molecular flexibility index (Phi) is 5.00. The Morgan fingerprint density at radius 2 is 1.85 bits per heavy atom. The number of halogens is 5. The molecule has 5 nitrogen and oxygen atoms in total. The molecule has 1 aliphatic heterocycles. The maximum atomic E-state index is 15.2. The molecule has 1 aliphatic rings. The molecule has 34 heavy (non-hydrogen) atoms. The Balaban J connectivity index is 1.76. The van der Waals surface area contributed by atoms with Crippen molar-refractivity contribution in [1.82, 2.24) is 15.0 Å². The summed E-state index contributed by atoms with van der Waals surface area (Å²) in [7, 11) is 0. The molecule has 0 aliphatic carbocycles. The fraction of sp³-hybridized carbons (Fsp3) is 0.250. The quantitative estimate of drug-likeness (QED) is 0.294. The molecule has 5 rings (SSSR count). The molecule has 0 radical (unpaired) electrons. The van der Waals surface area contributed by atoms with E-state index in [1.54, 1.807) is 6.07 Å². The standard InChI is InChI=1S/C24H20F5N5/c1-11-9-15-13-6-8-34(23-31-7-5-17(32-23)24(27,28)29)22(21(13)33-20(15)16(30)10-11)14-4-3-12(2)18(25)19(14)26/h3-5,7,9-10,22,33H,6,8,30H2,1-2H3. The Bertz CT molecular complexity index is 1430. The van der Waals surface area contributed by atoms with Gasteiger partial charge in [0.15, 0.2) is 11.6 Å². The second-order valence-electron chi connectivity index (χ2n) is 8.48. The summed E-state index contributed by atoms with van der Waals surface area (Å²) in [4.78, 5) is 12.4. The predicted molar refractivity (Wildman–Crippen MR) is 118 cm³/mol. The van der Waals surface area contributed by atoms with Crippen molar-refractivity contribution in [3.05, 3.63) is 81.8 Å². The highest BCUT2D eigenvalue weighted by atomic mass is 19.4. The maximum Gasteiger partial charge on any atom is 0.433 e. The normalized spacial score (nSPS) is 16.2. The number of nitrogen functional groups attached to an aromatic ring is 1. The van der Waals surface area contributed by atoms with Crippen LogP contribution >= 0.6 is 0 Å². The molecule has 2 aromatic heterocycles. The SMILES string of the molecule is Cc1cc(N)c2[nH]c3c(c2c1)CCN(c1nccc(C(F)(F)F)n1)C3c1ccc(C)c(F)c1F. The third kappa shape index (κ3) is 3.44. The average molecular weight is 473 g/mol. The van der Waals surface area contributed by atoms with Crippen LogP contribution in [0.2, 0.25) is 0 Å². The van der Waals surface area contributed by atoms with E-state index in [1.165, 1.54) is 24.0 Å². The van der Waals surface area contributed by atoms with Crippen molar-refractivity contribution < 1.29 is 22.0 Å². The van der Waals surface area contributed by atoms with Crippen LogP contribution in [0.25, 0.3) is 10.9 Å². The lowest BCUT2D eigenvalue weighted by molar-refractivity contribution is -0.141. The lowest BCUT2D eigenvalue weighted by atomic mass is 9.91. The molecule has 1 atom stereocenters. The Hall–Kier alpha value is -3.69. The summed E-state index contributed by atoms with van der Waals surface area (Å²) in [5.41, 5.74) is 8.60. The fourth-order valence-electron chi connectivity index (χ4n) is 4.62. The highest BCUT2D eigenvalue weighted by Gasteiger charge is 2.38. The van der Waals surface area contributed by atoms with E-state index in [1.807, 2.05) is 13.0 Å². The number of hydrogen-bond acceptors (Lipinski definition) is 4. The van der Waals surface area contributed by atoms with E-state index in [4.69, 9.17) is 5.73 Å². The lowest BCUT2D eigenvalue weighted by Gasteiger charge is -2.36. The Morgan fingerprint density at radius 1 is 1.09 bits per heavy atom. The molecule has 2 aromatic carbocycles. The van der Waals surface area contributed by atoms with Crippen LogP contribution in [0.5, 0.6) is 0 Å². The van der Waals surface area contributed by atoms with Crippen molar-refractivity contribution in [2.24, 2.45) is 0 Å². The highest BCUT2D eigenvalue weighted by Crippen LogP contribution is 2.42. The molecule has 3 heterocycles. The van der Waals surface area contributed by atoms with Gasteiger partial charge in [0.05, 0.1) is 11.2 Å². The Labute approximate surface area is 191 Å². The molecule has 4 aromatic rings. The van der Waals surface area contributed by atoms with Gasteiger partial charge in [-0.1, -0.05) is 12.1 Å². The van der Waals surface area contributed by atoms with Gasteiger partial charge in [-0.3, -0.25) is 0 Å². The number of aryl methyl sites for hydroxylation is 2. The largest absolute Gasteiger partial charge is 0.433 e. The number of nitrogens with zero attached hydrogens (tertiary/aromatic N) is 3. The number of nitrogens with two attached hydrogens (primary N) is 1. The molecule has 0 saturated heterocycles. The van der Waals surface area contributed by atoms with Gasteiger partial charge in [0.1, 0.15) is 11.7 Å². The summed E-state index contributed by atoms with van der Waals surface area (Å²) < 4.78 is 69.8. The molecule has 0 bridgehead atoms. The number of aromatic nitrogens is 3. The molecular formula is C24H20F5N5. The molecule has 0 amide bonds. The van der Waals surface area contributed by atoms with Crippen LogP contribution in [0.3, 0.4) is 0 Å². The summed E-state index contributed by atoms with van der Waals surface area (Å²) in [5.74, 6) is -2.31. The number of alkyl halides is 3. The van der Waals surface area contributed by atoms with Gasteiger partial charge >= 0.3 is 6.18 Å². The van der Waals surface area contributed by atoms with Crippen LogP contribution in [-0.4, -0.2) is 21.5 Å². The Morgan fingerprint density at radius 3 is 2.59 bits per heavy atom. The third-order valence-electron chi connectivity index (χ3n) is 6.20. The van der Waals surface area contributed by atoms with Gasteiger partial charge in [0, 0.05) is 29.4 Å². The van der Waals surface area contributed by atoms with Crippen LogP contribution < -0.4 is 10.6 Å². The second-order valence-corrected chi connectivity index (χ2v) is 8.48. The zero-order chi connectivity index (χ0) is 24.4. The van der Waals surface area contributed by atoms with Crippen LogP contribution in [0.4, 0.5) is 33.6 Å². The van der Waals surface area contributed by atoms with Crippen LogP contribution in [-0.2, 0) is 12.6 Å². The van der Waals surface area contributed by atoms with E-state index >= 15 is 4.39 Å². The van der Waals surface area contributed by atoms with Crippen molar-refractivity contribution in [2.75, 3.05) is 17.2 Å². The van der Waals surface area contributed by atoms with Gasteiger partial charge in [-0.05, 0) is 55.2 Å². The number of rotatable bonds is 2. The lowest BCUT2D eigenvalue weighted by Crippen LogP contribution is -2.38. The van der Waals surface area contributed by atoms with E-state index in [-0.39, 0.29) is 23.6 Å². The smallest absolute Gasteiger partial charge is 0.397 e. The van der Waals surface area contributed by atoms with Crippen LogP contribution in [0.15, 0.2) is 36.5 Å². The summed E-state index contributed by atoms with van der Waals surface area (Å²) in [6.45, 7) is 3.52. The van der Waals surface area contributed by atoms with Gasteiger partial charge in [0.25, 0.3) is 0 Å². The monoisotopic (exact) mass is 473 g/mol. The topological polar surface area (TPSA) is 70.8 Å². The van der Waals surface area contributed by atoms with Gasteiger partial charge in [-0.2, -0.15) is 13.2 Å². The van der Waals surface area contributed by atoms with Gasteiger partial charge in [0.2, 0.25) is 5.95 Å². The summed E-state index contributed by atoms with van der Waals surface area (Å²) in [6.07, 6.45) is -3.25. The zero-order valence-electron chi connectivity index (χ0n) is 18.3. The zero-order valence-corrected chi connectivity index (χ0v) is 18.3. The van der Waals surface area contributed by atoms with E-state index in [2.05, 4.69) is 15.0 Å². The van der Waals surface area contributed by atoms with E-state index < -0.39 is 29.5 Å². The van der Waals surface area contributed by atoms with Crippen molar-refractivity contribution in [3.63, 3.8) is 0 Å². The molecule has 0 saturated carbocycles. The van der Waals surface area contributed by atoms with Crippen LogP contribution in [0, 0.1) is 25.5 Å². The number of H-pyrrole nitrogens is 1. The number of aromatic amines is 1. The first-order chi connectivity index (χ1) is 16.1. The minimum atomic E-state index is -4.68. The third-order valence-corrected chi connectivity index (χ3v) is 6.20. The molecule has 0 fully saturated rings. The fourth-order valence-corrected chi connectivity index (χ4v) is 4.62. The van der Waals surface area contributed by atoms with E-state index in [0.717, 1.165) is 28.8 Å². The minimum Gasteiger partial charge on any atom is -0.397 e. The molecule has 10 heteroatoms. The summed E-state index contributed by atoms with van der Waals surface area (Å²) in [6, 6.07) is 6.39. The van der Waals surface area contributed by atoms with E-state index in [0.29, 0.717) is 23.3 Å². The summed E-state index contributed by atoms with van der Waals surface area (Å²) >= 11 is 0. The molecule has 1 unspecified atom stereocenters. The van der Waals surface area contributed by atoms with Crippen molar-refractivity contribution in [1.29, 1.82) is 0 Å². The van der Waals surface area contributed by atoms with Gasteiger partial charge in [-0.15, -0.1) is 0 Å². The number of anilines is 2. The molecule has 3 N–H and O–H groups in total. The number of benzene rings is 2. The van der Waals surface area contributed by atoms with Crippen molar-refractivity contribution in [3.8, 4) is 0 Å². The number of hydrogen-bond donors (Lipinski definition) is 2. The molecule has 176 valence electrons. The van der Waals surface area contributed by atoms with Crippen LogP contribution in [0.1, 0.15) is 39.7 Å². The molecular weight excluding hydrogens is 453 g/mol. The predicted octanol–water partition coefficient (Wildman–Crippen LogP) is 5.61. The molecule has 0 spiro atoms. The number of fused-ring (bicyclic) bond motifs is 3. The summed E-state index contributed by atoms with van der Waals surface area (Å²) in [5, 5.41) is 0.843. The first kappa shape index (κ1) is 22.1. The van der Waals surface area contributed by atoms with Gasteiger partial charge < -0.3 is 15.6 Å². The van der Waals surface area contributed by atoms with E-state index in [9.17, 15) is 17.6 Å². The minimum absolute atomic E-state index is 0.0353. The number of nitrogens with one attached hydrogen (secondary N) is 1. The highest BCUT2D eigenvalue weighted by molar-refractivity contribution is 5.95. The first-order valence-electron chi connectivity index (χ1n) is 10.6. The van der Waals surface area contributed by atoms with Gasteiger partial charge in [-0.25, -0.2) is 18.7 Å².